The van der Waals surface area contributed by atoms with E-state index in [9.17, 15) is 9.59 Å². The number of carbonyl (C=O) groups excluding carboxylic acids is 1. The van der Waals surface area contributed by atoms with E-state index < -0.39 is 5.97 Å². The number of carboxylic acid groups (broad SMARTS) is 1. The van der Waals surface area contributed by atoms with E-state index in [4.69, 9.17) is 10.8 Å². The van der Waals surface area contributed by atoms with Crippen molar-refractivity contribution in [1.29, 1.82) is 0 Å². The molecule has 15 heavy (non-hydrogen) atoms. The molecular weight excluding hydrogens is 196 g/mol. The number of nitrogens with zero attached hydrogens (tertiary/aromatic N) is 1. The molecule has 0 radical (unpaired) electrons. The van der Waals surface area contributed by atoms with Gasteiger partial charge in [0.25, 0.3) is 0 Å². The Hall–Kier alpha value is -1.10. The Bertz CT molecular complexity index is 247. The summed E-state index contributed by atoms with van der Waals surface area (Å²) in [5.41, 5.74) is 5.21. The second-order valence-corrected chi connectivity index (χ2v) is 4.16. The number of rotatable bonds is 4. The number of piperidine rings is 1. The Morgan fingerprint density at radius 2 is 2.00 bits per heavy atom. The summed E-state index contributed by atoms with van der Waals surface area (Å²) in [5.74, 6) is -0.804. The number of nitrogens with two attached hydrogens (primary N) is 1. The first kappa shape index (κ1) is 12.0. The molecule has 1 saturated heterocycles. The predicted octanol–water partition coefficient (Wildman–Crippen LogP) is 0.0469. The first-order valence-electron chi connectivity index (χ1n) is 5.26. The van der Waals surface area contributed by atoms with Gasteiger partial charge in [0.1, 0.15) is 0 Å². The van der Waals surface area contributed by atoms with Crippen molar-refractivity contribution >= 4 is 11.9 Å². The van der Waals surface area contributed by atoms with Crippen molar-refractivity contribution in [3.05, 3.63) is 0 Å². The maximum absolute atomic E-state index is 10.9. The summed E-state index contributed by atoms with van der Waals surface area (Å²) in [6, 6.07) is -0.240. The minimum absolute atomic E-state index is 0.235. The van der Waals surface area contributed by atoms with Gasteiger partial charge in [0.15, 0.2) is 0 Å². The summed E-state index contributed by atoms with van der Waals surface area (Å²) in [6.07, 6.45) is 1.91. The molecule has 1 unspecified atom stereocenters. The van der Waals surface area contributed by atoms with Crippen LogP contribution in [0.3, 0.4) is 0 Å². The number of primary amides is 1. The summed E-state index contributed by atoms with van der Waals surface area (Å²) < 4.78 is 0. The zero-order chi connectivity index (χ0) is 11.4. The third kappa shape index (κ3) is 3.51. The lowest BCUT2D eigenvalue weighted by atomic mass is 9.93. The highest BCUT2D eigenvalue weighted by Crippen LogP contribution is 2.21. The second-order valence-electron chi connectivity index (χ2n) is 4.16. The molecule has 1 heterocycles. The molecule has 1 atom stereocenters. The van der Waals surface area contributed by atoms with Crippen LogP contribution in [0.25, 0.3) is 0 Å². The molecule has 1 aliphatic heterocycles. The summed E-state index contributed by atoms with van der Waals surface area (Å²) in [4.78, 5) is 23.5. The lowest BCUT2D eigenvalue weighted by Crippen LogP contribution is -2.46. The van der Waals surface area contributed by atoms with Crippen LogP contribution in [-0.4, -0.2) is 41.0 Å². The average Bonchev–Trinajstić information content (AvgIpc) is 2.17. The summed E-state index contributed by atoms with van der Waals surface area (Å²) >= 11 is 0. The van der Waals surface area contributed by atoms with Gasteiger partial charge < -0.3 is 10.8 Å². The fourth-order valence-corrected chi connectivity index (χ4v) is 1.97. The number of hydrogen-bond donors (Lipinski definition) is 2. The number of carboxylic acids is 1. The molecule has 0 aromatic rings. The van der Waals surface area contributed by atoms with Crippen LogP contribution in [0.4, 0.5) is 0 Å². The van der Waals surface area contributed by atoms with Crippen LogP contribution in [0.2, 0.25) is 0 Å². The topological polar surface area (TPSA) is 83.6 Å². The Morgan fingerprint density at radius 1 is 1.47 bits per heavy atom. The monoisotopic (exact) mass is 214 g/mol. The molecule has 0 aromatic heterocycles. The van der Waals surface area contributed by atoms with Crippen LogP contribution in [0, 0.1) is 5.92 Å². The maximum atomic E-state index is 10.9. The highest BCUT2D eigenvalue weighted by Gasteiger charge is 2.26. The standard InChI is InChI=1S/C10H18N2O3/c1-7(10(11)15)12-4-2-8(3-5-12)6-9(13)14/h7-8H,2-6H2,1H3,(H2,11,15)(H,13,14). The third-order valence-corrected chi connectivity index (χ3v) is 3.07. The van der Waals surface area contributed by atoms with Gasteiger partial charge in [0.2, 0.25) is 5.91 Å². The van der Waals surface area contributed by atoms with Crippen molar-refractivity contribution in [1.82, 2.24) is 4.90 Å². The van der Waals surface area contributed by atoms with Gasteiger partial charge in [-0.1, -0.05) is 0 Å². The van der Waals surface area contributed by atoms with E-state index in [2.05, 4.69) is 0 Å². The summed E-state index contributed by atoms with van der Waals surface area (Å²) in [5, 5.41) is 8.64. The summed E-state index contributed by atoms with van der Waals surface area (Å²) in [6.45, 7) is 3.32. The quantitative estimate of drug-likeness (QED) is 0.692. The Kier molecular flexibility index (Phi) is 4.08. The van der Waals surface area contributed by atoms with Crippen molar-refractivity contribution in [2.45, 2.75) is 32.2 Å². The van der Waals surface area contributed by atoms with Crippen LogP contribution in [-0.2, 0) is 9.59 Å². The van der Waals surface area contributed by atoms with Gasteiger partial charge in [0.05, 0.1) is 6.04 Å². The van der Waals surface area contributed by atoms with Gasteiger partial charge in [-0.15, -0.1) is 0 Å². The molecule has 0 bridgehead atoms. The molecule has 0 aliphatic carbocycles. The molecule has 5 heteroatoms. The lowest BCUT2D eigenvalue weighted by molar-refractivity contribution is -0.138. The molecule has 0 spiro atoms. The van der Waals surface area contributed by atoms with Crippen molar-refractivity contribution < 1.29 is 14.7 Å². The molecule has 1 fully saturated rings. The average molecular weight is 214 g/mol. The van der Waals surface area contributed by atoms with E-state index in [0.29, 0.717) is 0 Å². The second kappa shape index (κ2) is 5.11. The summed E-state index contributed by atoms with van der Waals surface area (Å²) in [7, 11) is 0. The zero-order valence-corrected chi connectivity index (χ0v) is 8.98. The molecular formula is C10H18N2O3. The van der Waals surface area contributed by atoms with Crippen LogP contribution in [0.5, 0.6) is 0 Å². The van der Waals surface area contributed by atoms with Gasteiger partial charge in [-0.2, -0.15) is 0 Å². The predicted molar refractivity (Wildman–Crippen MR) is 55.2 cm³/mol. The molecule has 1 rings (SSSR count). The van der Waals surface area contributed by atoms with Crippen molar-refractivity contribution in [2.24, 2.45) is 11.7 Å². The van der Waals surface area contributed by atoms with Crippen molar-refractivity contribution in [3.63, 3.8) is 0 Å². The van der Waals surface area contributed by atoms with Gasteiger partial charge in [-0.05, 0) is 38.8 Å². The zero-order valence-electron chi connectivity index (χ0n) is 8.98. The normalized spacial score (nSPS) is 21.1. The molecule has 0 saturated carbocycles. The minimum Gasteiger partial charge on any atom is -0.481 e. The largest absolute Gasteiger partial charge is 0.481 e. The highest BCUT2D eigenvalue weighted by atomic mass is 16.4. The molecule has 1 amide bonds. The SMILES string of the molecule is CC(C(N)=O)N1CCC(CC(=O)O)CC1. The van der Waals surface area contributed by atoms with E-state index in [0.717, 1.165) is 25.9 Å². The van der Waals surface area contributed by atoms with Gasteiger partial charge in [0, 0.05) is 6.42 Å². The molecule has 1 aliphatic rings. The molecule has 5 nitrogen and oxygen atoms in total. The lowest BCUT2D eigenvalue weighted by Gasteiger charge is -2.34. The number of amides is 1. The van der Waals surface area contributed by atoms with Gasteiger partial charge in [-0.3, -0.25) is 14.5 Å². The smallest absolute Gasteiger partial charge is 0.303 e. The van der Waals surface area contributed by atoms with E-state index in [1.165, 1.54) is 0 Å². The fraction of sp³-hybridized carbons (Fsp3) is 0.800. The number of hydrogen-bond acceptors (Lipinski definition) is 3. The Morgan fingerprint density at radius 3 is 2.40 bits per heavy atom. The van der Waals surface area contributed by atoms with E-state index in [1.807, 2.05) is 4.90 Å². The first-order valence-corrected chi connectivity index (χ1v) is 5.26. The van der Waals surface area contributed by atoms with Crippen LogP contribution >= 0.6 is 0 Å². The van der Waals surface area contributed by atoms with Crippen molar-refractivity contribution in [2.75, 3.05) is 13.1 Å². The van der Waals surface area contributed by atoms with E-state index in [1.54, 1.807) is 6.92 Å². The van der Waals surface area contributed by atoms with Gasteiger partial charge >= 0.3 is 5.97 Å². The number of aliphatic carboxylic acids is 1. The van der Waals surface area contributed by atoms with Gasteiger partial charge in [-0.25, -0.2) is 0 Å². The van der Waals surface area contributed by atoms with E-state index >= 15 is 0 Å². The third-order valence-electron chi connectivity index (χ3n) is 3.07. The molecule has 86 valence electrons. The number of carbonyl (C=O) groups is 2. The molecule has 0 aromatic carbocycles. The van der Waals surface area contributed by atoms with Crippen LogP contribution < -0.4 is 5.73 Å². The van der Waals surface area contributed by atoms with Crippen LogP contribution in [0.15, 0.2) is 0 Å². The Labute approximate surface area is 89.2 Å². The fourth-order valence-electron chi connectivity index (χ4n) is 1.97. The molecule has 3 N–H and O–H groups in total. The van der Waals surface area contributed by atoms with Crippen LogP contribution in [0.1, 0.15) is 26.2 Å². The van der Waals surface area contributed by atoms with E-state index in [-0.39, 0.29) is 24.3 Å². The minimum atomic E-state index is -0.739. The Balaban J connectivity index is 2.35. The van der Waals surface area contributed by atoms with Crippen molar-refractivity contribution in [3.8, 4) is 0 Å². The highest BCUT2D eigenvalue weighted by molar-refractivity contribution is 5.79. The first-order chi connectivity index (χ1) is 7.00. The number of likely N-dealkylation sites (tertiary alicyclic amines) is 1. The maximum Gasteiger partial charge on any atom is 0.303 e.